The Bertz CT molecular complexity index is 1160. The Hall–Kier alpha value is -3.26. The molecule has 8 heteroatoms. The predicted octanol–water partition coefficient (Wildman–Crippen LogP) is 3.95. The standard InChI is InChI=1S/C28H35N5O3.H2/c1-15(34)14-23-22(12-13-29-23)27(35)31-26(25(19-4-5-19)20-6-7-20)28(36)30-21-10-8-18(9-11-21)24-16(2)32-33-17(24)3;/h8-13,15,19-20,23,25-26,34H,4-7,14H2,1-3H3,(H,30,36)(H,31,35)(H,32,33);1H/t15?,23?,26-;/m0./s1. The molecular formula is C28H37N5O3. The normalized spacial score (nSPS) is 20.8. The van der Waals surface area contributed by atoms with Gasteiger partial charge in [-0.1, -0.05) is 12.1 Å². The van der Waals surface area contributed by atoms with Crippen LogP contribution in [-0.2, 0) is 9.59 Å². The monoisotopic (exact) mass is 491 g/mol. The molecule has 4 N–H and O–H groups in total. The average Bonchev–Trinajstić information content (AvgIpc) is 3.77. The van der Waals surface area contributed by atoms with Crippen LogP contribution in [0.3, 0.4) is 0 Å². The highest BCUT2D eigenvalue weighted by molar-refractivity contribution is 6.04. The number of benzene rings is 1. The van der Waals surface area contributed by atoms with Crippen molar-refractivity contribution in [1.29, 1.82) is 0 Å². The van der Waals surface area contributed by atoms with E-state index in [4.69, 9.17) is 0 Å². The second kappa shape index (κ2) is 10.0. The minimum atomic E-state index is -0.607. The lowest BCUT2D eigenvalue weighted by Crippen LogP contribution is -2.51. The first-order valence-electron chi connectivity index (χ1n) is 13.0. The molecule has 1 aromatic carbocycles. The molecule has 2 heterocycles. The topological polar surface area (TPSA) is 119 Å². The molecule has 2 aromatic rings. The van der Waals surface area contributed by atoms with Crippen LogP contribution in [0.2, 0.25) is 0 Å². The molecule has 2 saturated carbocycles. The summed E-state index contributed by atoms with van der Waals surface area (Å²) >= 11 is 0. The number of aromatic amines is 1. The summed E-state index contributed by atoms with van der Waals surface area (Å²) in [7, 11) is 0. The summed E-state index contributed by atoms with van der Waals surface area (Å²) in [4.78, 5) is 31.3. The van der Waals surface area contributed by atoms with Gasteiger partial charge in [-0.2, -0.15) is 5.10 Å². The van der Waals surface area contributed by atoms with Crippen molar-refractivity contribution in [3.05, 3.63) is 47.3 Å². The van der Waals surface area contributed by atoms with E-state index in [1.165, 1.54) is 0 Å². The number of hydrogen-bond acceptors (Lipinski definition) is 5. The summed E-state index contributed by atoms with van der Waals surface area (Å²) in [6.07, 6.45) is 7.54. The van der Waals surface area contributed by atoms with E-state index in [0.717, 1.165) is 48.2 Å². The second-order valence-electron chi connectivity index (χ2n) is 10.6. The minimum Gasteiger partial charge on any atom is -0.393 e. The van der Waals surface area contributed by atoms with Crippen molar-refractivity contribution in [3.8, 4) is 11.1 Å². The number of nitrogens with zero attached hydrogens (tertiary/aromatic N) is 2. The molecule has 0 spiro atoms. The first kappa shape index (κ1) is 24.4. The Labute approximate surface area is 213 Å². The third-order valence-electron chi connectivity index (χ3n) is 7.56. The second-order valence-corrected chi connectivity index (χ2v) is 10.6. The quantitative estimate of drug-likeness (QED) is 0.402. The zero-order chi connectivity index (χ0) is 25.4. The first-order chi connectivity index (χ1) is 17.3. The first-order valence-corrected chi connectivity index (χ1v) is 13.0. The summed E-state index contributed by atoms with van der Waals surface area (Å²) < 4.78 is 0. The van der Waals surface area contributed by atoms with Gasteiger partial charge in [0.1, 0.15) is 6.04 Å². The highest BCUT2D eigenvalue weighted by Gasteiger charge is 2.48. The Morgan fingerprint density at radius 3 is 2.36 bits per heavy atom. The largest absolute Gasteiger partial charge is 0.393 e. The number of aliphatic imine (C=N–C) groups is 1. The summed E-state index contributed by atoms with van der Waals surface area (Å²) in [5, 5.41) is 23.2. The van der Waals surface area contributed by atoms with E-state index in [9.17, 15) is 14.7 Å². The van der Waals surface area contributed by atoms with E-state index in [1.54, 1.807) is 19.2 Å². The number of hydrogen-bond donors (Lipinski definition) is 4. The highest BCUT2D eigenvalue weighted by atomic mass is 16.3. The van der Waals surface area contributed by atoms with E-state index in [2.05, 4.69) is 25.8 Å². The highest BCUT2D eigenvalue weighted by Crippen LogP contribution is 2.51. The van der Waals surface area contributed by atoms with E-state index in [0.29, 0.717) is 29.5 Å². The van der Waals surface area contributed by atoms with E-state index in [-0.39, 0.29) is 25.2 Å². The van der Waals surface area contributed by atoms with Crippen LogP contribution in [0, 0.1) is 31.6 Å². The SMILES string of the molecule is Cc1n[nH]c(C)c1-c1ccc(NC(=O)[C@@H](NC(=O)C2=CC=NC2CC(C)O)C(C2CC2)C2CC2)cc1.[HH]. The fraction of sp³-hybridized carbons (Fsp3) is 0.500. The van der Waals surface area contributed by atoms with Crippen LogP contribution in [0.5, 0.6) is 0 Å². The Morgan fingerprint density at radius 2 is 1.81 bits per heavy atom. The van der Waals surface area contributed by atoms with Crippen LogP contribution in [0.25, 0.3) is 11.1 Å². The molecule has 1 aromatic heterocycles. The number of H-pyrrole nitrogens is 1. The van der Waals surface area contributed by atoms with Crippen molar-refractivity contribution < 1.29 is 16.1 Å². The number of aryl methyl sites for hydroxylation is 2. The molecule has 2 fully saturated rings. The van der Waals surface area contributed by atoms with Crippen LogP contribution >= 0.6 is 0 Å². The predicted molar refractivity (Wildman–Crippen MR) is 142 cm³/mol. The van der Waals surface area contributed by atoms with Crippen LogP contribution in [0.15, 0.2) is 40.9 Å². The fourth-order valence-corrected chi connectivity index (χ4v) is 5.53. The lowest BCUT2D eigenvalue weighted by molar-refractivity contribution is -0.126. The molecule has 1 aliphatic heterocycles. The molecule has 192 valence electrons. The summed E-state index contributed by atoms with van der Waals surface area (Å²) in [5.74, 6) is 0.644. The molecule has 0 bridgehead atoms. The van der Waals surface area contributed by atoms with E-state index < -0.39 is 12.1 Å². The van der Waals surface area contributed by atoms with Gasteiger partial charge < -0.3 is 15.7 Å². The maximum atomic E-state index is 13.6. The minimum absolute atomic E-state index is 0. The van der Waals surface area contributed by atoms with Crippen LogP contribution in [0.1, 0.15) is 51.8 Å². The summed E-state index contributed by atoms with van der Waals surface area (Å²) in [5.41, 5.74) is 5.25. The summed E-state index contributed by atoms with van der Waals surface area (Å²) in [6.45, 7) is 5.65. The molecular weight excluding hydrogens is 454 g/mol. The number of anilines is 1. The molecule has 2 aliphatic carbocycles. The number of aliphatic hydroxyl groups is 1. The third kappa shape index (κ3) is 5.28. The molecule has 3 aliphatic rings. The van der Waals surface area contributed by atoms with Gasteiger partial charge in [-0.15, -0.1) is 0 Å². The summed E-state index contributed by atoms with van der Waals surface area (Å²) in [6, 6.07) is 6.77. The van der Waals surface area contributed by atoms with Gasteiger partial charge in [0.05, 0.1) is 17.8 Å². The van der Waals surface area contributed by atoms with Crippen LogP contribution in [0.4, 0.5) is 5.69 Å². The Kier molecular flexibility index (Phi) is 6.79. The molecule has 2 unspecified atom stereocenters. The van der Waals surface area contributed by atoms with Crippen molar-refractivity contribution in [1.82, 2.24) is 15.5 Å². The van der Waals surface area contributed by atoms with Gasteiger partial charge in [-0.05, 0) is 94.4 Å². The Balaban J connectivity index is 0.00000320. The number of rotatable bonds is 10. The number of aromatic nitrogens is 2. The molecule has 8 nitrogen and oxygen atoms in total. The van der Waals surface area contributed by atoms with Gasteiger partial charge in [-0.3, -0.25) is 19.7 Å². The third-order valence-corrected chi connectivity index (χ3v) is 7.56. The van der Waals surface area contributed by atoms with Crippen molar-refractivity contribution in [3.63, 3.8) is 0 Å². The molecule has 0 radical (unpaired) electrons. The Morgan fingerprint density at radius 1 is 1.14 bits per heavy atom. The number of nitrogens with one attached hydrogen (secondary N) is 3. The zero-order valence-corrected chi connectivity index (χ0v) is 21.1. The molecule has 36 heavy (non-hydrogen) atoms. The molecule has 5 rings (SSSR count). The average molecular weight is 492 g/mol. The van der Waals surface area contributed by atoms with Gasteiger partial charge in [0.2, 0.25) is 11.8 Å². The lowest BCUT2D eigenvalue weighted by atomic mass is 9.88. The number of carbonyl (C=O) groups excluding carboxylic acids is 2. The van der Waals surface area contributed by atoms with Crippen molar-refractivity contribution in [2.75, 3.05) is 5.32 Å². The number of aliphatic hydroxyl groups excluding tert-OH is 1. The van der Waals surface area contributed by atoms with Gasteiger partial charge in [0.15, 0.2) is 0 Å². The van der Waals surface area contributed by atoms with Gasteiger partial charge in [0.25, 0.3) is 0 Å². The van der Waals surface area contributed by atoms with E-state index >= 15 is 0 Å². The van der Waals surface area contributed by atoms with Gasteiger partial charge >= 0.3 is 0 Å². The number of amides is 2. The smallest absolute Gasteiger partial charge is 0.250 e. The molecule has 0 saturated heterocycles. The van der Waals surface area contributed by atoms with Gasteiger partial charge in [-0.25, -0.2) is 0 Å². The van der Waals surface area contributed by atoms with Gasteiger partial charge in [0, 0.05) is 30.2 Å². The fourth-order valence-electron chi connectivity index (χ4n) is 5.53. The van der Waals surface area contributed by atoms with Crippen LogP contribution < -0.4 is 10.6 Å². The lowest BCUT2D eigenvalue weighted by Gasteiger charge is -2.28. The van der Waals surface area contributed by atoms with Crippen molar-refractivity contribution >= 4 is 23.7 Å². The van der Waals surface area contributed by atoms with Crippen molar-refractivity contribution in [2.45, 2.75) is 71.1 Å². The molecule has 3 atom stereocenters. The maximum absolute atomic E-state index is 13.6. The van der Waals surface area contributed by atoms with Crippen molar-refractivity contribution in [2.24, 2.45) is 22.7 Å². The number of allylic oxidation sites excluding steroid dienone is 1. The van der Waals surface area contributed by atoms with Crippen LogP contribution in [-0.4, -0.2) is 51.5 Å². The zero-order valence-electron chi connectivity index (χ0n) is 21.1. The van der Waals surface area contributed by atoms with E-state index in [1.807, 2.05) is 38.1 Å². The number of carbonyl (C=O) groups is 2. The maximum Gasteiger partial charge on any atom is 0.250 e. The molecule has 2 amide bonds.